The first-order valence-corrected chi connectivity index (χ1v) is 15.1. The monoisotopic (exact) mass is 576 g/mol. The third-order valence-corrected chi connectivity index (χ3v) is 9.30. The lowest BCUT2D eigenvalue weighted by molar-refractivity contribution is -0.119. The average Bonchev–Trinajstić information content (AvgIpc) is 2.97. The van der Waals surface area contributed by atoms with E-state index in [0.29, 0.717) is 37.1 Å². The Morgan fingerprint density at radius 2 is 1.61 bits per heavy atom. The molecular weight excluding hydrogens is 543 g/mol. The van der Waals surface area contributed by atoms with Crippen LogP contribution in [0.4, 0.5) is 15.8 Å². The molecule has 4 aromatic rings. The highest BCUT2D eigenvalue weighted by Crippen LogP contribution is 2.27. The molecule has 0 aliphatic carbocycles. The Labute approximate surface area is 239 Å². The van der Waals surface area contributed by atoms with Crippen molar-refractivity contribution >= 4 is 38.1 Å². The topological polar surface area (TPSA) is 82.9 Å². The fourth-order valence-electron chi connectivity index (χ4n) is 5.30. The molecule has 1 aliphatic heterocycles. The summed E-state index contributed by atoms with van der Waals surface area (Å²) in [5.41, 5.74) is 1.74. The lowest BCUT2D eigenvalue weighted by Gasteiger charge is -2.35. The van der Waals surface area contributed by atoms with Crippen LogP contribution < -0.4 is 15.4 Å². The summed E-state index contributed by atoms with van der Waals surface area (Å²) in [6.07, 6.45) is 2.01. The number of anilines is 2. The van der Waals surface area contributed by atoms with Crippen molar-refractivity contribution in [1.29, 1.82) is 0 Å². The normalized spacial score (nSPS) is 14.4. The highest BCUT2D eigenvalue weighted by molar-refractivity contribution is 7.89. The van der Waals surface area contributed by atoms with Gasteiger partial charge in [0, 0.05) is 55.4 Å². The van der Waals surface area contributed by atoms with Crippen molar-refractivity contribution in [2.24, 2.45) is 0 Å². The minimum Gasteiger partial charge on any atom is -0.367 e. The molecule has 0 N–H and O–H groups in total. The van der Waals surface area contributed by atoms with Crippen LogP contribution in [0.25, 0.3) is 10.8 Å². The molecule has 0 unspecified atom stereocenters. The van der Waals surface area contributed by atoms with Gasteiger partial charge in [-0.25, -0.2) is 12.8 Å². The zero-order valence-electron chi connectivity index (χ0n) is 23.2. The molecular formula is C31H33FN4O4S. The molecule has 1 amide bonds. The summed E-state index contributed by atoms with van der Waals surface area (Å²) in [7, 11) is -4.04. The van der Waals surface area contributed by atoms with E-state index >= 15 is 0 Å². The van der Waals surface area contributed by atoms with Crippen molar-refractivity contribution in [2.75, 3.05) is 42.5 Å². The van der Waals surface area contributed by atoms with Gasteiger partial charge < -0.3 is 14.4 Å². The predicted octanol–water partition coefficient (Wildman–Crippen LogP) is 4.40. The van der Waals surface area contributed by atoms with Gasteiger partial charge in [-0.1, -0.05) is 49.4 Å². The summed E-state index contributed by atoms with van der Waals surface area (Å²) in [5, 5.41) is 0.533. The van der Waals surface area contributed by atoms with Gasteiger partial charge in [-0.3, -0.25) is 9.59 Å². The number of hydrogen-bond donors (Lipinski definition) is 0. The summed E-state index contributed by atoms with van der Waals surface area (Å²) in [6, 6.07) is 20.6. The minimum absolute atomic E-state index is 0.0301. The summed E-state index contributed by atoms with van der Waals surface area (Å²) in [5.74, 6) is -0.661. The Morgan fingerprint density at radius 3 is 2.29 bits per heavy atom. The van der Waals surface area contributed by atoms with Gasteiger partial charge in [0.1, 0.15) is 17.3 Å². The highest BCUT2D eigenvalue weighted by Gasteiger charge is 2.32. The van der Waals surface area contributed by atoms with Crippen molar-refractivity contribution < 1.29 is 17.6 Å². The molecule has 1 fully saturated rings. The molecule has 8 nitrogen and oxygen atoms in total. The van der Waals surface area contributed by atoms with Gasteiger partial charge in [-0.05, 0) is 49.2 Å². The molecule has 0 bridgehead atoms. The van der Waals surface area contributed by atoms with Gasteiger partial charge >= 0.3 is 0 Å². The van der Waals surface area contributed by atoms with Gasteiger partial charge in [-0.15, -0.1) is 0 Å². The fourth-order valence-corrected chi connectivity index (χ4v) is 6.94. The summed E-state index contributed by atoms with van der Waals surface area (Å²) < 4.78 is 44.8. The summed E-state index contributed by atoms with van der Waals surface area (Å²) in [6.45, 7) is 5.01. The number of piperazine rings is 1. The Bertz CT molecular complexity index is 1750. The van der Waals surface area contributed by atoms with Crippen LogP contribution in [0, 0.1) is 12.7 Å². The number of carbonyl (C=O) groups excluding carboxylic acids is 1. The standard InChI is InChI=1S/C31H33FN4O4S/c1-3-15-36(24-10-8-9-23(2)20-24)30(37)22-34-21-29(25-11-4-5-12-26(25)31(34)38)41(39,40)35-18-16-33(17-19-35)28-14-7-6-13-27(28)32/h4-14,20-21H,3,15-19,22H2,1-2H3. The number of fused-ring (bicyclic) bond motifs is 1. The van der Waals surface area contributed by atoms with Crippen molar-refractivity contribution in [1.82, 2.24) is 8.87 Å². The maximum atomic E-state index is 14.3. The second-order valence-corrected chi connectivity index (χ2v) is 12.1. The first-order valence-electron chi connectivity index (χ1n) is 13.7. The van der Waals surface area contributed by atoms with Gasteiger partial charge in [-0.2, -0.15) is 4.31 Å². The molecule has 1 aliphatic rings. The van der Waals surface area contributed by atoms with Crippen LogP contribution in [-0.2, 0) is 21.4 Å². The number of carbonyl (C=O) groups is 1. The maximum absolute atomic E-state index is 14.3. The van der Waals surface area contributed by atoms with Crippen molar-refractivity contribution in [3.63, 3.8) is 0 Å². The number of aryl methyl sites for hydroxylation is 1. The van der Waals surface area contributed by atoms with Crippen molar-refractivity contribution in [2.45, 2.75) is 31.7 Å². The number of amides is 1. The SMILES string of the molecule is CCCN(C(=O)Cn1cc(S(=O)(=O)N2CCN(c3ccccc3F)CC2)c2ccccc2c1=O)c1cccc(C)c1. The van der Waals surface area contributed by atoms with E-state index in [-0.39, 0.29) is 41.6 Å². The van der Waals surface area contributed by atoms with Crippen LogP contribution in [0.5, 0.6) is 0 Å². The Kier molecular flexibility index (Phi) is 8.23. The first kappa shape index (κ1) is 28.5. The molecule has 0 saturated carbocycles. The van der Waals surface area contributed by atoms with E-state index in [9.17, 15) is 22.4 Å². The Hall–Kier alpha value is -4.02. The number of nitrogens with zero attached hydrogens (tertiary/aromatic N) is 4. The van der Waals surface area contributed by atoms with Crippen LogP contribution >= 0.6 is 0 Å². The van der Waals surface area contributed by atoms with E-state index in [0.717, 1.165) is 11.3 Å². The number of pyridine rings is 1. The average molecular weight is 577 g/mol. The van der Waals surface area contributed by atoms with E-state index in [1.165, 1.54) is 21.1 Å². The van der Waals surface area contributed by atoms with Crippen LogP contribution in [0.15, 0.2) is 88.7 Å². The number of aromatic nitrogens is 1. The first-order chi connectivity index (χ1) is 19.7. The highest BCUT2D eigenvalue weighted by atomic mass is 32.2. The summed E-state index contributed by atoms with van der Waals surface area (Å²) >= 11 is 0. The molecule has 41 heavy (non-hydrogen) atoms. The van der Waals surface area contributed by atoms with Crippen LogP contribution in [-0.4, -0.2) is 55.9 Å². The number of halogens is 1. The van der Waals surface area contributed by atoms with E-state index in [1.807, 2.05) is 43.0 Å². The molecule has 10 heteroatoms. The van der Waals surface area contributed by atoms with Gasteiger partial charge in [0.15, 0.2) is 0 Å². The maximum Gasteiger partial charge on any atom is 0.258 e. The molecule has 3 aromatic carbocycles. The molecule has 2 heterocycles. The van der Waals surface area contributed by atoms with Gasteiger partial charge in [0.25, 0.3) is 5.56 Å². The third kappa shape index (κ3) is 5.75. The molecule has 214 valence electrons. The van der Waals surface area contributed by atoms with Crippen LogP contribution in [0.2, 0.25) is 0 Å². The molecule has 0 radical (unpaired) electrons. The Balaban J connectivity index is 1.47. The largest absolute Gasteiger partial charge is 0.367 e. The van der Waals surface area contributed by atoms with Gasteiger partial charge in [0.05, 0.1) is 5.69 Å². The number of para-hydroxylation sites is 1. The second kappa shape index (κ2) is 11.8. The predicted molar refractivity (Wildman–Crippen MR) is 159 cm³/mol. The molecule has 1 aromatic heterocycles. The molecule has 0 atom stereocenters. The van der Waals surface area contributed by atoms with Crippen molar-refractivity contribution in [3.8, 4) is 0 Å². The number of sulfonamides is 1. The zero-order chi connectivity index (χ0) is 29.1. The lowest BCUT2D eigenvalue weighted by Crippen LogP contribution is -2.49. The molecule has 1 saturated heterocycles. The van der Waals surface area contributed by atoms with E-state index in [1.54, 1.807) is 47.4 Å². The van der Waals surface area contributed by atoms with Crippen molar-refractivity contribution in [3.05, 3.63) is 101 Å². The number of benzene rings is 3. The zero-order valence-corrected chi connectivity index (χ0v) is 24.0. The van der Waals surface area contributed by atoms with Crippen LogP contribution in [0.3, 0.4) is 0 Å². The minimum atomic E-state index is -4.04. The Morgan fingerprint density at radius 1 is 0.927 bits per heavy atom. The summed E-state index contributed by atoms with van der Waals surface area (Å²) in [4.78, 5) is 30.4. The smallest absolute Gasteiger partial charge is 0.258 e. The fraction of sp³-hybridized carbons (Fsp3) is 0.290. The molecule has 5 rings (SSSR count). The van der Waals surface area contributed by atoms with E-state index < -0.39 is 15.6 Å². The van der Waals surface area contributed by atoms with Gasteiger partial charge in [0.2, 0.25) is 15.9 Å². The third-order valence-electron chi connectivity index (χ3n) is 7.37. The van der Waals surface area contributed by atoms with E-state index in [4.69, 9.17) is 0 Å². The number of rotatable bonds is 8. The number of hydrogen-bond acceptors (Lipinski definition) is 5. The van der Waals surface area contributed by atoms with E-state index in [2.05, 4.69) is 0 Å². The van der Waals surface area contributed by atoms with Crippen LogP contribution in [0.1, 0.15) is 18.9 Å². The second-order valence-electron chi connectivity index (χ2n) is 10.2. The lowest BCUT2D eigenvalue weighted by atomic mass is 10.1. The quantitative estimate of drug-likeness (QED) is 0.311. The molecule has 0 spiro atoms.